The van der Waals surface area contributed by atoms with E-state index < -0.39 is 0 Å². The predicted molar refractivity (Wildman–Crippen MR) is 88.0 cm³/mol. The molecule has 124 valence electrons. The molecule has 0 aromatic carbocycles. The van der Waals surface area contributed by atoms with E-state index in [0.29, 0.717) is 24.8 Å². The molecule has 22 heavy (non-hydrogen) atoms. The van der Waals surface area contributed by atoms with Gasteiger partial charge in [0.2, 0.25) is 5.89 Å². The first kappa shape index (κ1) is 16.8. The third-order valence-corrected chi connectivity index (χ3v) is 4.01. The average Bonchev–Trinajstić information content (AvgIpc) is 2.96. The van der Waals surface area contributed by atoms with Gasteiger partial charge in [-0.05, 0) is 25.7 Å². The van der Waals surface area contributed by atoms with Gasteiger partial charge < -0.3 is 14.7 Å². The second kappa shape index (κ2) is 8.15. The lowest BCUT2D eigenvalue weighted by Crippen LogP contribution is -2.45. The Balaban J connectivity index is 1.89. The fourth-order valence-corrected chi connectivity index (χ4v) is 2.51. The molecular weight excluding hydrogens is 278 g/mol. The number of likely N-dealkylation sites (tertiary alicyclic amines) is 1. The molecule has 1 aromatic heterocycles. The Morgan fingerprint density at radius 2 is 2.14 bits per heavy atom. The number of aliphatic imine (C=N–C) groups is 1. The summed E-state index contributed by atoms with van der Waals surface area (Å²) in [5.41, 5.74) is 0. The SMILES string of the molecule is CCNC(=NCCc1nc(C(C)C)no1)N1CCC(C)CC1. The maximum atomic E-state index is 5.26. The summed E-state index contributed by atoms with van der Waals surface area (Å²) >= 11 is 0. The quantitative estimate of drug-likeness (QED) is 0.668. The Morgan fingerprint density at radius 1 is 1.41 bits per heavy atom. The summed E-state index contributed by atoms with van der Waals surface area (Å²) < 4.78 is 5.26. The van der Waals surface area contributed by atoms with Crippen molar-refractivity contribution < 1.29 is 4.52 Å². The van der Waals surface area contributed by atoms with Crippen molar-refractivity contribution in [3.63, 3.8) is 0 Å². The van der Waals surface area contributed by atoms with Crippen LogP contribution in [0.15, 0.2) is 9.52 Å². The molecule has 0 amide bonds. The van der Waals surface area contributed by atoms with Gasteiger partial charge in [0, 0.05) is 32.0 Å². The first-order valence-corrected chi connectivity index (χ1v) is 8.45. The molecule has 0 aliphatic carbocycles. The summed E-state index contributed by atoms with van der Waals surface area (Å²) in [7, 11) is 0. The number of piperidine rings is 1. The van der Waals surface area contributed by atoms with Crippen molar-refractivity contribution in [1.82, 2.24) is 20.4 Å². The molecule has 1 aliphatic rings. The van der Waals surface area contributed by atoms with Crippen LogP contribution >= 0.6 is 0 Å². The molecule has 0 spiro atoms. The molecule has 0 saturated carbocycles. The van der Waals surface area contributed by atoms with Gasteiger partial charge >= 0.3 is 0 Å². The first-order valence-electron chi connectivity index (χ1n) is 8.45. The molecule has 1 saturated heterocycles. The fraction of sp³-hybridized carbons (Fsp3) is 0.812. The molecule has 1 aliphatic heterocycles. The van der Waals surface area contributed by atoms with Gasteiger partial charge in [-0.1, -0.05) is 25.9 Å². The summed E-state index contributed by atoms with van der Waals surface area (Å²) in [4.78, 5) is 11.5. The molecular formula is C16H29N5O. The molecule has 1 N–H and O–H groups in total. The molecule has 0 unspecified atom stereocenters. The minimum absolute atomic E-state index is 0.300. The van der Waals surface area contributed by atoms with Gasteiger partial charge in [-0.25, -0.2) is 0 Å². The van der Waals surface area contributed by atoms with E-state index in [2.05, 4.69) is 48.1 Å². The van der Waals surface area contributed by atoms with Crippen molar-refractivity contribution in [1.29, 1.82) is 0 Å². The summed E-state index contributed by atoms with van der Waals surface area (Å²) in [5, 5.41) is 7.37. The molecule has 0 atom stereocenters. The van der Waals surface area contributed by atoms with Gasteiger partial charge in [-0.3, -0.25) is 4.99 Å². The highest BCUT2D eigenvalue weighted by Gasteiger charge is 2.18. The normalized spacial score (nSPS) is 17.3. The van der Waals surface area contributed by atoms with Gasteiger partial charge in [-0.2, -0.15) is 4.98 Å². The van der Waals surface area contributed by atoms with Crippen LogP contribution in [0.3, 0.4) is 0 Å². The van der Waals surface area contributed by atoms with E-state index >= 15 is 0 Å². The van der Waals surface area contributed by atoms with Crippen molar-refractivity contribution in [3.8, 4) is 0 Å². The summed E-state index contributed by atoms with van der Waals surface area (Å²) in [6, 6.07) is 0. The van der Waals surface area contributed by atoms with Crippen LogP contribution in [0.1, 0.15) is 58.2 Å². The van der Waals surface area contributed by atoms with E-state index in [1.807, 2.05) is 0 Å². The number of hydrogen-bond donors (Lipinski definition) is 1. The fourth-order valence-electron chi connectivity index (χ4n) is 2.51. The Kier molecular flexibility index (Phi) is 6.21. The maximum absolute atomic E-state index is 5.26. The second-order valence-electron chi connectivity index (χ2n) is 6.36. The van der Waals surface area contributed by atoms with Crippen molar-refractivity contribution >= 4 is 5.96 Å². The molecule has 6 heteroatoms. The van der Waals surface area contributed by atoms with Gasteiger partial charge in [-0.15, -0.1) is 0 Å². The van der Waals surface area contributed by atoms with E-state index in [1.165, 1.54) is 12.8 Å². The third kappa shape index (κ3) is 4.71. The lowest BCUT2D eigenvalue weighted by molar-refractivity contribution is 0.273. The molecule has 1 aromatic rings. The second-order valence-corrected chi connectivity index (χ2v) is 6.36. The van der Waals surface area contributed by atoms with E-state index in [1.54, 1.807) is 0 Å². The minimum atomic E-state index is 0.300. The van der Waals surface area contributed by atoms with Crippen molar-refractivity contribution in [2.24, 2.45) is 10.9 Å². The van der Waals surface area contributed by atoms with Gasteiger partial charge in [0.25, 0.3) is 0 Å². The van der Waals surface area contributed by atoms with Crippen LogP contribution < -0.4 is 5.32 Å². The molecule has 2 rings (SSSR count). The Morgan fingerprint density at radius 3 is 2.73 bits per heavy atom. The zero-order chi connectivity index (χ0) is 15.9. The molecule has 6 nitrogen and oxygen atoms in total. The van der Waals surface area contributed by atoms with Crippen molar-refractivity contribution in [2.75, 3.05) is 26.2 Å². The monoisotopic (exact) mass is 307 g/mol. The first-order chi connectivity index (χ1) is 10.6. The highest BCUT2D eigenvalue weighted by atomic mass is 16.5. The van der Waals surface area contributed by atoms with Crippen LogP contribution in [-0.2, 0) is 6.42 Å². The van der Waals surface area contributed by atoms with Crippen LogP contribution in [0.2, 0.25) is 0 Å². The van der Waals surface area contributed by atoms with Crippen LogP contribution in [0.4, 0.5) is 0 Å². The van der Waals surface area contributed by atoms with Crippen LogP contribution in [0, 0.1) is 5.92 Å². The zero-order valence-corrected chi connectivity index (χ0v) is 14.3. The minimum Gasteiger partial charge on any atom is -0.357 e. The Labute approximate surface area is 133 Å². The summed E-state index contributed by atoms with van der Waals surface area (Å²) in [6.07, 6.45) is 3.18. The Bertz CT molecular complexity index is 475. The maximum Gasteiger partial charge on any atom is 0.228 e. The molecule has 0 bridgehead atoms. The van der Waals surface area contributed by atoms with Crippen LogP contribution in [0.5, 0.6) is 0 Å². The number of nitrogens with one attached hydrogen (secondary N) is 1. The van der Waals surface area contributed by atoms with Gasteiger partial charge in [0.1, 0.15) is 0 Å². The smallest absolute Gasteiger partial charge is 0.228 e. The molecule has 2 heterocycles. The van der Waals surface area contributed by atoms with E-state index in [-0.39, 0.29) is 0 Å². The summed E-state index contributed by atoms with van der Waals surface area (Å²) in [5.74, 6) is 3.59. The lowest BCUT2D eigenvalue weighted by Gasteiger charge is -2.32. The average molecular weight is 307 g/mol. The standard InChI is InChI=1S/C16H29N5O/c1-5-17-16(21-10-7-13(4)8-11-21)18-9-6-14-19-15(12(2)3)20-22-14/h12-13H,5-11H2,1-4H3,(H,17,18). The van der Waals surface area contributed by atoms with Crippen LogP contribution in [-0.4, -0.2) is 47.2 Å². The Hall–Kier alpha value is -1.59. The largest absolute Gasteiger partial charge is 0.357 e. The van der Waals surface area contributed by atoms with Crippen molar-refractivity contribution in [3.05, 3.63) is 11.7 Å². The van der Waals surface area contributed by atoms with E-state index in [0.717, 1.165) is 37.3 Å². The number of hydrogen-bond acceptors (Lipinski definition) is 4. The predicted octanol–water partition coefficient (Wildman–Crippen LogP) is 2.43. The number of guanidine groups is 1. The van der Waals surface area contributed by atoms with Crippen molar-refractivity contribution in [2.45, 2.75) is 52.9 Å². The molecule has 0 radical (unpaired) electrons. The third-order valence-electron chi connectivity index (χ3n) is 4.01. The van der Waals surface area contributed by atoms with E-state index in [4.69, 9.17) is 9.52 Å². The summed E-state index contributed by atoms with van der Waals surface area (Å²) in [6.45, 7) is 12.3. The number of rotatable bonds is 5. The highest BCUT2D eigenvalue weighted by Crippen LogP contribution is 2.16. The number of nitrogens with zero attached hydrogens (tertiary/aromatic N) is 4. The van der Waals surface area contributed by atoms with Gasteiger partial charge in [0.15, 0.2) is 11.8 Å². The zero-order valence-electron chi connectivity index (χ0n) is 14.3. The molecule has 1 fully saturated rings. The van der Waals surface area contributed by atoms with Crippen LogP contribution in [0.25, 0.3) is 0 Å². The highest BCUT2D eigenvalue weighted by molar-refractivity contribution is 5.80. The van der Waals surface area contributed by atoms with E-state index in [9.17, 15) is 0 Å². The van der Waals surface area contributed by atoms with Gasteiger partial charge in [0.05, 0.1) is 6.54 Å². The lowest BCUT2D eigenvalue weighted by atomic mass is 10.00. The number of aromatic nitrogens is 2. The topological polar surface area (TPSA) is 66.5 Å².